The lowest BCUT2D eigenvalue weighted by Gasteiger charge is -2.22. The van der Waals surface area contributed by atoms with Crippen LogP contribution in [0.1, 0.15) is 46.5 Å². The number of hydrogen-bond donors (Lipinski definition) is 3. The standard InChI is InChI=1S/C26H25FN4O6S2/c1-15-22(25(33)34)29-31(18-8-5-7-16(27)13-18)24(15)37-19-11-10-17(28-23(32)20-9-6-12-38-20)14-21(19)39(35,36)30-26(2,3)4/h5-14,30H,1-4H3,(H,28,32)(H,33,34). The number of carboxylic acid groups (broad SMARTS) is 1. The van der Waals surface area contributed by atoms with Crippen molar-refractivity contribution in [3.63, 3.8) is 0 Å². The number of carboxylic acids is 1. The number of carbonyl (C=O) groups is 2. The van der Waals surface area contributed by atoms with Gasteiger partial charge in [0.1, 0.15) is 16.5 Å². The predicted molar refractivity (Wildman–Crippen MR) is 144 cm³/mol. The maximum Gasteiger partial charge on any atom is 0.356 e. The summed E-state index contributed by atoms with van der Waals surface area (Å²) in [4.78, 5) is 24.5. The molecule has 0 aliphatic heterocycles. The van der Waals surface area contributed by atoms with Crippen LogP contribution in [0.5, 0.6) is 11.6 Å². The summed E-state index contributed by atoms with van der Waals surface area (Å²) in [5.74, 6) is -2.65. The van der Waals surface area contributed by atoms with Crippen molar-refractivity contribution >= 4 is 38.9 Å². The lowest BCUT2D eigenvalue weighted by atomic mass is 10.1. The van der Waals surface area contributed by atoms with Gasteiger partial charge in [0.25, 0.3) is 5.91 Å². The highest BCUT2D eigenvalue weighted by Crippen LogP contribution is 2.36. The minimum atomic E-state index is -4.22. The molecule has 1 amide bonds. The number of aromatic carboxylic acids is 1. The second-order valence-corrected chi connectivity index (χ2v) is 12.1. The van der Waals surface area contributed by atoms with E-state index >= 15 is 0 Å². The molecule has 0 radical (unpaired) electrons. The minimum Gasteiger partial charge on any atom is -0.476 e. The summed E-state index contributed by atoms with van der Waals surface area (Å²) >= 11 is 1.23. The second kappa shape index (κ2) is 10.6. The van der Waals surface area contributed by atoms with Crippen molar-refractivity contribution in [2.45, 2.75) is 38.1 Å². The van der Waals surface area contributed by atoms with Gasteiger partial charge in [-0.25, -0.2) is 22.3 Å². The molecule has 2 aromatic heterocycles. The van der Waals surface area contributed by atoms with E-state index in [2.05, 4.69) is 15.1 Å². The number of carbonyl (C=O) groups excluding carboxylic acids is 1. The van der Waals surface area contributed by atoms with E-state index in [4.69, 9.17) is 4.74 Å². The zero-order valence-corrected chi connectivity index (χ0v) is 23.0. The average Bonchev–Trinajstić information content (AvgIpc) is 3.47. The molecule has 0 fully saturated rings. The summed E-state index contributed by atoms with van der Waals surface area (Å²) in [6, 6.07) is 12.6. The lowest BCUT2D eigenvalue weighted by molar-refractivity contribution is 0.0689. The third kappa shape index (κ3) is 6.33. The molecule has 0 spiro atoms. The van der Waals surface area contributed by atoms with Crippen LogP contribution in [0.2, 0.25) is 0 Å². The third-order valence-corrected chi connectivity index (χ3v) is 7.85. The molecular weight excluding hydrogens is 547 g/mol. The van der Waals surface area contributed by atoms with E-state index in [1.807, 2.05) is 0 Å². The highest BCUT2D eigenvalue weighted by atomic mass is 32.2. The number of halogens is 1. The quantitative estimate of drug-likeness (QED) is 0.264. The van der Waals surface area contributed by atoms with Gasteiger partial charge >= 0.3 is 5.97 Å². The monoisotopic (exact) mass is 572 g/mol. The van der Waals surface area contributed by atoms with Crippen LogP contribution in [0.3, 0.4) is 0 Å². The first kappa shape index (κ1) is 28.0. The van der Waals surface area contributed by atoms with Crippen molar-refractivity contribution in [2.75, 3.05) is 5.32 Å². The topological polar surface area (TPSA) is 140 Å². The van der Waals surface area contributed by atoms with Crippen LogP contribution in [-0.4, -0.2) is 40.7 Å². The first-order valence-corrected chi connectivity index (χ1v) is 13.9. The minimum absolute atomic E-state index is 0.0916. The maximum absolute atomic E-state index is 14.0. The lowest BCUT2D eigenvalue weighted by Crippen LogP contribution is -2.40. The molecule has 0 saturated carbocycles. The van der Waals surface area contributed by atoms with E-state index < -0.39 is 33.3 Å². The highest BCUT2D eigenvalue weighted by molar-refractivity contribution is 7.89. The second-order valence-electron chi connectivity index (χ2n) is 9.53. The molecule has 0 unspecified atom stereocenters. The molecule has 3 N–H and O–H groups in total. The number of nitrogens with one attached hydrogen (secondary N) is 2. The fourth-order valence-corrected chi connectivity index (χ4v) is 5.82. The molecule has 0 saturated heterocycles. The summed E-state index contributed by atoms with van der Waals surface area (Å²) in [6.45, 7) is 6.43. The van der Waals surface area contributed by atoms with Crippen molar-refractivity contribution in [3.8, 4) is 17.3 Å². The Bertz CT molecular complexity index is 1660. The molecule has 10 nitrogen and oxygen atoms in total. The van der Waals surface area contributed by atoms with Gasteiger partial charge in [0.2, 0.25) is 15.9 Å². The number of aromatic nitrogens is 2. The normalized spacial score (nSPS) is 11.8. The Morgan fingerprint density at radius 1 is 1.10 bits per heavy atom. The van der Waals surface area contributed by atoms with Crippen molar-refractivity contribution in [3.05, 3.63) is 81.9 Å². The van der Waals surface area contributed by atoms with Gasteiger partial charge in [-0.05, 0) is 75.5 Å². The van der Waals surface area contributed by atoms with Gasteiger partial charge in [-0.3, -0.25) is 4.79 Å². The predicted octanol–water partition coefficient (Wildman–Crippen LogP) is 5.20. The zero-order chi connectivity index (χ0) is 28.5. The fraction of sp³-hybridized carbons (Fsp3) is 0.192. The number of rotatable bonds is 8. The van der Waals surface area contributed by atoms with Crippen LogP contribution in [0.25, 0.3) is 5.69 Å². The van der Waals surface area contributed by atoms with Gasteiger partial charge in [0.15, 0.2) is 5.69 Å². The Labute approximate surface area is 228 Å². The van der Waals surface area contributed by atoms with Crippen LogP contribution in [0, 0.1) is 12.7 Å². The van der Waals surface area contributed by atoms with E-state index in [1.165, 1.54) is 54.7 Å². The van der Waals surface area contributed by atoms with Crippen molar-refractivity contribution < 1.29 is 32.2 Å². The molecule has 2 heterocycles. The maximum atomic E-state index is 14.0. The van der Waals surface area contributed by atoms with Crippen LogP contribution >= 0.6 is 11.3 Å². The third-order valence-electron chi connectivity index (χ3n) is 5.21. The first-order chi connectivity index (χ1) is 18.2. The van der Waals surface area contributed by atoms with Crippen molar-refractivity contribution in [2.24, 2.45) is 0 Å². The summed E-state index contributed by atoms with van der Waals surface area (Å²) < 4.78 is 50.6. The molecule has 0 bridgehead atoms. The average molecular weight is 573 g/mol. The number of ether oxygens (including phenoxy) is 1. The Morgan fingerprint density at radius 3 is 2.46 bits per heavy atom. The number of sulfonamides is 1. The first-order valence-electron chi connectivity index (χ1n) is 11.5. The van der Waals surface area contributed by atoms with Gasteiger partial charge in [-0.1, -0.05) is 12.1 Å². The number of nitrogens with zero attached hydrogens (tertiary/aromatic N) is 2. The van der Waals surface area contributed by atoms with Crippen LogP contribution in [0.15, 0.2) is 64.9 Å². The van der Waals surface area contributed by atoms with Crippen molar-refractivity contribution in [1.82, 2.24) is 14.5 Å². The van der Waals surface area contributed by atoms with E-state index in [0.29, 0.717) is 4.88 Å². The zero-order valence-electron chi connectivity index (χ0n) is 21.4. The van der Waals surface area contributed by atoms with Crippen LogP contribution in [-0.2, 0) is 10.0 Å². The summed E-state index contributed by atoms with van der Waals surface area (Å²) in [7, 11) is -4.22. The smallest absolute Gasteiger partial charge is 0.356 e. The molecule has 13 heteroatoms. The van der Waals surface area contributed by atoms with E-state index in [0.717, 1.165) is 10.7 Å². The molecule has 0 aliphatic rings. The van der Waals surface area contributed by atoms with E-state index in [-0.39, 0.29) is 39.2 Å². The molecule has 204 valence electrons. The van der Waals surface area contributed by atoms with E-state index in [1.54, 1.807) is 38.3 Å². The molecule has 0 aliphatic carbocycles. The summed E-state index contributed by atoms with van der Waals surface area (Å²) in [5.41, 5.74) is -0.767. The Morgan fingerprint density at radius 2 is 1.85 bits per heavy atom. The van der Waals surface area contributed by atoms with E-state index in [9.17, 15) is 27.5 Å². The number of thiophene rings is 1. The molecule has 0 atom stereocenters. The highest BCUT2D eigenvalue weighted by Gasteiger charge is 2.29. The number of hydrogen-bond acceptors (Lipinski definition) is 7. The molecule has 4 aromatic rings. The van der Waals surface area contributed by atoms with Gasteiger partial charge in [0, 0.05) is 16.8 Å². The van der Waals surface area contributed by atoms with Crippen LogP contribution < -0.4 is 14.8 Å². The van der Waals surface area contributed by atoms with Gasteiger partial charge in [-0.2, -0.15) is 9.78 Å². The largest absolute Gasteiger partial charge is 0.476 e. The van der Waals surface area contributed by atoms with Crippen LogP contribution in [0.4, 0.5) is 10.1 Å². The summed E-state index contributed by atoms with van der Waals surface area (Å²) in [5, 5.41) is 18.1. The van der Waals surface area contributed by atoms with Gasteiger partial charge in [0.05, 0.1) is 10.6 Å². The molecule has 4 rings (SSSR count). The van der Waals surface area contributed by atoms with Crippen molar-refractivity contribution in [1.29, 1.82) is 0 Å². The SMILES string of the molecule is Cc1c(C(=O)O)nn(-c2cccc(F)c2)c1Oc1ccc(NC(=O)c2cccs2)cc1S(=O)(=O)NC(C)(C)C. The number of benzene rings is 2. The Hall–Kier alpha value is -4.07. The molecule has 39 heavy (non-hydrogen) atoms. The Balaban J connectivity index is 1.84. The Kier molecular flexibility index (Phi) is 7.59. The fourth-order valence-electron chi connectivity index (χ4n) is 3.63. The van der Waals surface area contributed by atoms with Gasteiger partial charge < -0.3 is 15.2 Å². The number of amides is 1. The number of anilines is 1. The van der Waals surface area contributed by atoms with Gasteiger partial charge in [-0.15, -0.1) is 11.3 Å². The molecule has 2 aromatic carbocycles. The molecular formula is C26H25FN4O6S2. The summed E-state index contributed by atoms with van der Waals surface area (Å²) in [6.07, 6.45) is 0.